The molecule has 2 aliphatic heterocycles. The van der Waals surface area contributed by atoms with E-state index in [2.05, 4.69) is 38.3 Å². The molecule has 4 rings (SSSR count). The number of likely N-dealkylation sites (tertiary alicyclic amines) is 1. The number of carbonyl (C=O) groups excluding carboxylic acids is 1. The van der Waals surface area contributed by atoms with Crippen molar-refractivity contribution in [1.82, 2.24) is 15.2 Å². The normalized spacial score (nSPS) is 20.6. The Bertz CT molecular complexity index is 741. The Morgan fingerprint density at radius 1 is 1.07 bits per heavy atom. The van der Waals surface area contributed by atoms with Gasteiger partial charge < -0.3 is 10.2 Å². The van der Waals surface area contributed by atoms with Crippen molar-refractivity contribution in [2.75, 3.05) is 31.1 Å². The number of aromatic nitrogens is 1. The summed E-state index contributed by atoms with van der Waals surface area (Å²) in [4.78, 5) is 21.6. The minimum absolute atomic E-state index is 0.0381. The average molecular weight is 364 g/mol. The molecule has 2 aromatic rings. The molecule has 2 aliphatic rings. The van der Waals surface area contributed by atoms with E-state index in [9.17, 15) is 4.79 Å². The molecule has 1 aromatic heterocycles. The molecule has 0 unspecified atom stereocenters. The summed E-state index contributed by atoms with van der Waals surface area (Å²) < 4.78 is 0. The highest BCUT2D eigenvalue weighted by Crippen LogP contribution is 2.21. The van der Waals surface area contributed by atoms with Crippen LogP contribution in [-0.4, -0.2) is 48.0 Å². The van der Waals surface area contributed by atoms with Crippen LogP contribution in [0.4, 0.5) is 5.69 Å². The van der Waals surface area contributed by atoms with Crippen LogP contribution in [0.2, 0.25) is 0 Å². The van der Waals surface area contributed by atoms with E-state index in [1.165, 1.54) is 24.1 Å². The summed E-state index contributed by atoms with van der Waals surface area (Å²) in [6, 6.07) is 12.4. The van der Waals surface area contributed by atoms with E-state index in [1.807, 2.05) is 24.4 Å². The summed E-state index contributed by atoms with van der Waals surface area (Å²) in [5.41, 5.74) is 3.20. The number of piperidine rings is 1. The first-order valence-corrected chi connectivity index (χ1v) is 10.0. The average Bonchev–Trinajstić information content (AvgIpc) is 3.24. The van der Waals surface area contributed by atoms with Gasteiger partial charge in [-0.05, 0) is 68.1 Å². The summed E-state index contributed by atoms with van der Waals surface area (Å²) in [6.45, 7) is 5.11. The molecular weight excluding hydrogens is 336 g/mol. The van der Waals surface area contributed by atoms with Crippen molar-refractivity contribution in [3.8, 4) is 0 Å². The van der Waals surface area contributed by atoms with Crippen molar-refractivity contribution >= 4 is 11.6 Å². The van der Waals surface area contributed by atoms with E-state index < -0.39 is 0 Å². The quantitative estimate of drug-likeness (QED) is 0.886. The SMILES string of the molecule is O=C(N[C@@H]1CCCN(Cc2cccnc2)C1)c1ccc(N2CCCC2)cc1. The van der Waals surface area contributed by atoms with Crippen LogP contribution in [0.15, 0.2) is 48.8 Å². The van der Waals surface area contributed by atoms with Crippen LogP contribution in [-0.2, 0) is 6.54 Å². The van der Waals surface area contributed by atoms with Crippen LogP contribution >= 0.6 is 0 Å². The lowest BCUT2D eigenvalue weighted by atomic mass is 10.0. The highest BCUT2D eigenvalue weighted by Gasteiger charge is 2.22. The Labute approximate surface area is 161 Å². The number of hydrogen-bond donors (Lipinski definition) is 1. The van der Waals surface area contributed by atoms with E-state index in [0.29, 0.717) is 0 Å². The van der Waals surface area contributed by atoms with E-state index in [1.54, 1.807) is 6.20 Å². The van der Waals surface area contributed by atoms with Gasteiger partial charge in [-0.15, -0.1) is 0 Å². The maximum absolute atomic E-state index is 12.7. The summed E-state index contributed by atoms with van der Waals surface area (Å²) in [5, 5.41) is 3.23. The van der Waals surface area contributed by atoms with Gasteiger partial charge in [0.15, 0.2) is 0 Å². The Morgan fingerprint density at radius 2 is 1.89 bits per heavy atom. The lowest BCUT2D eigenvalue weighted by Crippen LogP contribution is -2.47. The molecule has 0 bridgehead atoms. The predicted octanol–water partition coefficient (Wildman–Crippen LogP) is 3.08. The van der Waals surface area contributed by atoms with Crippen molar-refractivity contribution in [2.45, 2.75) is 38.3 Å². The van der Waals surface area contributed by atoms with Gasteiger partial charge >= 0.3 is 0 Å². The summed E-state index contributed by atoms with van der Waals surface area (Å²) >= 11 is 0. The van der Waals surface area contributed by atoms with Crippen molar-refractivity contribution in [2.24, 2.45) is 0 Å². The number of benzene rings is 1. The fourth-order valence-electron chi connectivity index (χ4n) is 4.13. The van der Waals surface area contributed by atoms with Gasteiger partial charge in [0, 0.05) is 55.9 Å². The van der Waals surface area contributed by atoms with Crippen LogP contribution in [0.1, 0.15) is 41.6 Å². The molecule has 5 heteroatoms. The van der Waals surface area contributed by atoms with Crippen LogP contribution in [0.5, 0.6) is 0 Å². The second-order valence-corrected chi connectivity index (χ2v) is 7.65. The van der Waals surface area contributed by atoms with Gasteiger partial charge in [0.25, 0.3) is 5.91 Å². The van der Waals surface area contributed by atoms with Gasteiger partial charge in [0.1, 0.15) is 0 Å². The summed E-state index contributed by atoms with van der Waals surface area (Å²) in [6.07, 6.45) is 8.40. The van der Waals surface area contributed by atoms with Gasteiger partial charge in [0.05, 0.1) is 0 Å². The van der Waals surface area contributed by atoms with Crippen molar-refractivity contribution in [1.29, 1.82) is 0 Å². The lowest BCUT2D eigenvalue weighted by Gasteiger charge is -2.33. The molecule has 142 valence electrons. The van der Waals surface area contributed by atoms with Crippen LogP contribution in [0, 0.1) is 0 Å². The fraction of sp³-hybridized carbons (Fsp3) is 0.455. The number of rotatable bonds is 5. The third-order valence-corrected chi connectivity index (χ3v) is 5.57. The van der Waals surface area contributed by atoms with Crippen molar-refractivity contribution in [3.63, 3.8) is 0 Å². The monoisotopic (exact) mass is 364 g/mol. The Kier molecular flexibility index (Phi) is 5.68. The highest BCUT2D eigenvalue weighted by atomic mass is 16.1. The Hall–Kier alpha value is -2.40. The molecule has 0 aliphatic carbocycles. The largest absolute Gasteiger partial charge is 0.372 e. The van der Waals surface area contributed by atoms with E-state index in [-0.39, 0.29) is 11.9 Å². The molecule has 0 radical (unpaired) electrons. The summed E-state index contributed by atoms with van der Waals surface area (Å²) in [5.74, 6) is 0.0381. The first kappa shape index (κ1) is 18.0. The zero-order valence-electron chi connectivity index (χ0n) is 15.8. The molecule has 2 saturated heterocycles. The number of nitrogens with zero attached hydrogens (tertiary/aromatic N) is 3. The number of hydrogen-bond acceptors (Lipinski definition) is 4. The first-order valence-electron chi connectivity index (χ1n) is 10.0. The lowest BCUT2D eigenvalue weighted by molar-refractivity contribution is 0.0901. The first-order chi connectivity index (χ1) is 13.3. The van der Waals surface area contributed by atoms with E-state index in [0.717, 1.165) is 51.1 Å². The van der Waals surface area contributed by atoms with Gasteiger partial charge in [-0.2, -0.15) is 0 Å². The standard InChI is InChI=1S/C22H28N4O/c27-22(19-7-9-21(10-8-19)26-13-1-2-14-26)24-20-6-4-12-25(17-20)16-18-5-3-11-23-15-18/h3,5,7-11,15,20H,1-2,4,6,12-14,16-17H2,(H,24,27)/t20-/m1/s1. The van der Waals surface area contributed by atoms with Gasteiger partial charge in [-0.1, -0.05) is 6.07 Å². The van der Waals surface area contributed by atoms with Crippen molar-refractivity contribution in [3.05, 3.63) is 59.9 Å². The number of pyridine rings is 1. The molecule has 1 atom stereocenters. The Morgan fingerprint density at radius 3 is 2.63 bits per heavy atom. The molecule has 5 nitrogen and oxygen atoms in total. The number of amides is 1. The van der Waals surface area contributed by atoms with E-state index >= 15 is 0 Å². The number of nitrogens with one attached hydrogen (secondary N) is 1. The maximum Gasteiger partial charge on any atom is 0.251 e. The van der Waals surface area contributed by atoms with Crippen molar-refractivity contribution < 1.29 is 4.79 Å². The van der Waals surface area contributed by atoms with Gasteiger partial charge in [-0.25, -0.2) is 0 Å². The third-order valence-electron chi connectivity index (χ3n) is 5.57. The van der Waals surface area contributed by atoms with Gasteiger partial charge in [0.2, 0.25) is 0 Å². The second kappa shape index (κ2) is 8.53. The molecule has 0 spiro atoms. The smallest absolute Gasteiger partial charge is 0.251 e. The minimum atomic E-state index is 0.0381. The zero-order chi connectivity index (χ0) is 18.5. The van der Waals surface area contributed by atoms with Crippen LogP contribution < -0.4 is 10.2 Å². The molecule has 1 amide bonds. The fourth-order valence-corrected chi connectivity index (χ4v) is 4.13. The highest BCUT2D eigenvalue weighted by molar-refractivity contribution is 5.94. The summed E-state index contributed by atoms with van der Waals surface area (Å²) in [7, 11) is 0. The molecule has 27 heavy (non-hydrogen) atoms. The molecular formula is C22H28N4O. The third kappa shape index (κ3) is 4.66. The topological polar surface area (TPSA) is 48.5 Å². The number of anilines is 1. The molecule has 1 N–H and O–H groups in total. The number of carbonyl (C=O) groups is 1. The van der Waals surface area contributed by atoms with Crippen LogP contribution in [0.25, 0.3) is 0 Å². The minimum Gasteiger partial charge on any atom is -0.372 e. The predicted molar refractivity (Wildman–Crippen MR) is 108 cm³/mol. The zero-order valence-corrected chi connectivity index (χ0v) is 15.8. The maximum atomic E-state index is 12.7. The molecule has 2 fully saturated rings. The Balaban J connectivity index is 1.32. The molecule has 1 aromatic carbocycles. The molecule has 0 saturated carbocycles. The van der Waals surface area contributed by atoms with Gasteiger partial charge in [-0.3, -0.25) is 14.7 Å². The molecule has 3 heterocycles. The van der Waals surface area contributed by atoms with Crippen LogP contribution in [0.3, 0.4) is 0 Å². The second-order valence-electron chi connectivity index (χ2n) is 7.65. The van der Waals surface area contributed by atoms with E-state index in [4.69, 9.17) is 0 Å².